The molecule has 0 radical (unpaired) electrons. The van der Waals surface area contributed by atoms with Crippen molar-refractivity contribution in [3.05, 3.63) is 29.8 Å². The highest BCUT2D eigenvalue weighted by atomic mass is 16.5. The number of fused-ring (bicyclic) bond motifs is 1. The van der Waals surface area contributed by atoms with Gasteiger partial charge in [0.2, 0.25) is 0 Å². The van der Waals surface area contributed by atoms with E-state index in [9.17, 15) is 0 Å². The number of benzene rings is 1. The lowest BCUT2D eigenvalue weighted by Gasteiger charge is -2.40. The summed E-state index contributed by atoms with van der Waals surface area (Å²) in [5.41, 5.74) is 1.49. The Morgan fingerprint density at radius 3 is 3.06 bits per heavy atom. The zero-order valence-corrected chi connectivity index (χ0v) is 10.5. The van der Waals surface area contributed by atoms with Crippen LogP contribution in [0.25, 0.3) is 0 Å². The predicted molar refractivity (Wildman–Crippen MR) is 69.4 cm³/mol. The highest BCUT2D eigenvalue weighted by Crippen LogP contribution is 2.46. The van der Waals surface area contributed by atoms with Crippen LogP contribution in [0.4, 0.5) is 0 Å². The molecule has 1 aliphatic carbocycles. The molecule has 0 saturated heterocycles. The van der Waals surface area contributed by atoms with E-state index in [0.29, 0.717) is 5.92 Å². The Hall–Kier alpha value is -1.02. The van der Waals surface area contributed by atoms with E-state index >= 15 is 0 Å². The quantitative estimate of drug-likeness (QED) is 0.845. The molecule has 0 bridgehead atoms. The highest BCUT2D eigenvalue weighted by molar-refractivity contribution is 5.39. The van der Waals surface area contributed by atoms with Crippen LogP contribution in [0.2, 0.25) is 0 Å². The van der Waals surface area contributed by atoms with Gasteiger partial charge < -0.3 is 10.1 Å². The van der Waals surface area contributed by atoms with Crippen molar-refractivity contribution in [3.63, 3.8) is 0 Å². The van der Waals surface area contributed by atoms with Crippen LogP contribution in [0, 0.1) is 5.92 Å². The molecule has 1 aromatic carbocycles. The fraction of sp³-hybridized carbons (Fsp3) is 0.600. The van der Waals surface area contributed by atoms with E-state index < -0.39 is 0 Å². The Bertz CT molecular complexity index is 375. The van der Waals surface area contributed by atoms with Crippen molar-refractivity contribution >= 4 is 0 Å². The third-order valence-electron chi connectivity index (χ3n) is 4.37. The maximum absolute atomic E-state index is 6.36. The highest BCUT2D eigenvalue weighted by Gasteiger charge is 2.46. The van der Waals surface area contributed by atoms with Crippen molar-refractivity contribution < 1.29 is 4.74 Å². The molecule has 1 spiro atoms. The lowest BCUT2D eigenvalue weighted by Crippen LogP contribution is -2.48. The molecule has 1 N–H and O–H groups in total. The van der Waals surface area contributed by atoms with Crippen molar-refractivity contribution in [2.24, 2.45) is 5.92 Å². The van der Waals surface area contributed by atoms with E-state index in [0.717, 1.165) is 18.7 Å². The second-order valence-corrected chi connectivity index (χ2v) is 5.45. The zero-order chi connectivity index (χ0) is 11.7. The van der Waals surface area contributed by atoms with Crippen LogP contribution >= 0.6 is 0 Å². The Morgan fingerprint density at radius 1 is 1.35 bits per heavy atom. The molecule has 1 heterocycles. The summed E-state index contributed by atoms with van der Waals surface area (Å²) in [4.78, 5) is 0. The lowest BCUT2D eigenvalue weighted by molar-refractivity contribution is -0.00381. The molecule has 1 aliphatic heterocycles. The van der Waals surface area contributed by atoms with Crippen LogP contribution in [0.5, 0.6) is 5.75 Å². The molecule has 17 heavy (non-hydrogen) atoms. The van der Waals surface area contributed by atoms with Crippen molar-refractivity contribution in [1.82, 2.24) is 5.32 Å². The molecular formula is C15H21NO. The van der Waals surface area contributed by atoms with Gasteiger partial charge in [0, 0.05) is 18.9 Å². The van der Waals surface area contributed by atoms with Crippen molar-refractivity contribution in [2.75, 3.05) is 13.6 Å². The standard InChI is InChI=1S/C15H21NO/c1-16-11-13-7-4-5-9-15(13)10-12-6-2-3-8-14(12)17-15/h2-3,6,8,13,16H,4-5,7,9-11H2,1H3/t13-,15-/m0/s1. The molecule has 1 fully saturated rings. The summed E-state index contributed by atoms with van der Waals surface area (Å²) in [5.74, 6) is 1.78. The van der Waals surface area contributed by atoms with Gasteiger partial charge in [0.15, 0.2) is 0 Å². The fourth-order valence-corrected chi connectivity index (χ4v) is 3.51. The third kappa shape index (κ3) is 1.85. The van der Waals surface area contributed by atoms with E-state index in [1.165, 1.54) is 31.2 Å². The maximum atomic E-state index is 6.36. The van der Waals surface area contributed by atoms with Gasteiger partial charge in [-0.3, -0.25) is 0 Å². The summed E-state index contributed by atoms with van der Waals surface area (Å²) in [7, 11) is 2.05. The zero-order valence-electron chi connectivity index (χ0n) is 10.5. The first-order valence-electron chi connectivity index (χ1n) is 6.75. The van der Waals surface area contributed by atoms with Gasteiger partial charge in [-0.05, 0) is 37.9 Å². The molecule has 1 saturated carbocycles. The number of ether oxygens (including phenoxy) is 1. The number of hydrogen-bond donors (Lipinski definition) is 1. The summed E-state index contributed by atoms with van der Waals surface area (Å²) >= 11 is 0. The Labute approximate surface area is 103 Å². The van der Waals surface area contributed by atoms with Gasteiger partial charge in [0.1, 0.15) is 11.4 Å². The minimum atomic E-state index is 0.0882. The van der Waals surface area contributed by atoms with Crippen molar-refractivity contribution in [2.45, 2.75) is 37.7 Å². The summed E-state index contributed by atoms with van der Waals surface area (Å²) < 4.78 is 6.36. The van der Waals surface area contributed by atoms with E-state index in [2.05, 4.69) is 29.6 Å². The van der Waals surface area contributed by atoms with Gasteiger partial charge in [0.05, 0.1) is 0 Å². The summed E-state index contributed by atoms with van der Waals surface area (Å²) in [5, 5.41) is 3.34. The average molecular weight is 231 g/mol. The second-order valence-electron chi connectivity index (χ2n) is 5.45. The van der Waals surface area contributed by atoms with Crippen LogP contribution in [0.1, 0.15) is 31.2 Å². The number of hydrogen-bond acceptors (Lipinski definition) is 2. The summed E-state index contributed by atoms with van der Waals surface area (Å²) in [6.07, 6.45) is 6.29. The first-order valence-corrected chi connectivity index (χ1v) is 6.75. The normalized spacial score (nSPS) is 31.2. The monoisotopic (exact) mass is 231 g/mol. The van der Waals surface area contributed by atoms with E-state index in [-0.39, 0.29) is 5.60 Å². The molecule has 2 atom stereocenters. The first kappa shape index (κ1) is 11.1. The Balaban J connectivity index is 1.87. The predicted octanol–water partition coefficient (Wildman–Crippen LogP) is 2.77. The van der Waals surface area contributed by atoms with E-state index in [1.807, 2.05) is 7.05 Å². The molecular weight excluding hydrogens is 210 g/mol. The van der Waals surface area contributed by atoms with Gasteiger partial charge >= 0.3 is 0 Å². The van der Waals surface area contributed by atoms with Crippen LogP contribution in [0.15, 0.2) is 24.3 Å². The molecule has 2 heteroatoms. The molecule has 92 valence electrons. The molecule has 1 aromatic rings. The van der Waals surface area contributed by atoms with Crippen LogP contribution < -0.4 is 10.1 Å². The van der Waals surface area contributed by atoms with Gasteiger partial charge in [-0.1, -0.05) is 24.6 Å². The van der Waals surface area contributed by atoms with E-state index in [1.54, 1.807) is 0 Å². The van der Waals surface area contributed by atoms with Crippen LogP contribution in [0.3, 0.4) is 0 Å². The van der Waals surface area contributed by atoms with E-state index in [4.69, 9.17) is 4.74 Å². The van der Waals surface area contributed by atoms with Crippen molar-refractivity contribution in [3.8, 4) is 5.75 Å². The number of para-hydroxylation sites is 1. The fourth-order valence-electron chi connectivity index (χ4n) is 3.51. The minimum Gasteiger partial charge on any atom is -0.486 e. The SMILES string of the molecule is CNC[C@@H]1CCCC[C@]12Cc1ccccc1O2. The number of nitrogens with one attached hydrogen (secondary N) is 1. The number of rotatable bonds is 2. The maximum Gasteiger partial charge on any atom is 0.123 e. The molecule has 0 aromatic heterocycles. The van der Waals surface area contributed by atoms with Crippen molar-refractivity contribution in [1.29, 1.82) is 0 Å². The molecule has 2 nitrogen and oxygen atoms in total. The largest absolute Gasteiger partial charge is 0.486 e. The second kappa shape index (κ2) is 4.34. The van der Waals surface area contributed by atoms with Gasteiger partial charge in [-0.15, -0.1) is 0 Å². The topological polar surface area (TPSA) is 21.3 Å². The third-order valence-corrected chi connectivity index (χ3v) is 4.37. The lowest BCUT2D eigenvalue weighted by atomic mass is 9.73. The first-order chi connectivity index (χ1) is 8.34. The molecule has 0 unspecified atom stereocenters. The minimum absolute atomic E-state index is 0.0882. The molecule has 3 rings (SSSR count). The Morgan fingerprint density at radius 2 is 2.24 bits per heavy atom. The van der Waals surface area contributed by atoms with Gasteiger partial charge in [-0.2, -0.15) is 0 Å². The Kier molecular flexibility index (Phi) is 2.83. The molecule has 0 amide bonds. The van der Waals surface area contributed by atoms with Gasteiger partial charge in [-0.25, -0.2) is 0 Å². The van der Waals surface area contributed by atoms with Crippen LogP contribution in [-0.2, 0) is 6.42 Å². The smallest absolute Gasteiger partial charge is 0.123 e. The molecule has 2 aliphatic rings. The van der Waals surface area contributed by atoms with Gasteiger partial charge in [0.25, 0.3) is 0 Å². The van der Waals surface area contributed by atoms with Crippen LogP contribution in [-0.4, -0.2) is 19.2 Å². The summed E-state index contributed by atoms with van der Waals surface area (Å²) in [6, 6.07) is 8.54. The summed E-state index contributed by atoms with van der Waals surface area (Å²) in [6.45, 7) is 1.08. The average Bonchev–Trinajstić information content (AvgIpc) is 2.71.